The smallest absolute Gasteiger partial charge is 0.225 e. The third-order valence-corrected chi connectivity index (χ3v) is 4.49. The molecule has 0 spiro atoms. The monoisotopic (exact) mass is 327 g/mol. The van der Waals surface area contributed by atoms with E-state index in [1.807, 2.05) is 0 Å². The Morgan fingerprint density at radius 2 is 2.14 bits per heavy atom. The van der Waals surface area contributed by atoms with Crippen LogP contribution in [0.25, 0.3) is 10.2 Å². The largest absolute Gasteiger partial charge is 0.380 e. The fourth-order valence-electron chi connectivity index (χ4n) is 1.92. The molecule has 0 aliphatic rings. The predicted octanol–water partition coefficient (Wildman–Crippen LogP) is 4.38. The number of nitrogens with zero attached hydrogens (tertiary/aromatic N) is 2. The summed E-state index contributed by atoms with van der Waals surface area (Å²) in [6.45, 7) is 8.72. The second-order valence-corrected chi connectivity index (χ2v) is 6.80. The van der Waals surface area contributed by atoms with E-state index < -0.39 is 0 Å². The van der Waals surface area contributed by atoms with Gasteiger partial charge in [-0.15, -0.1) is 11.3 Å². The number of hydrogen-bond acceptors (Lipinski definition) is 5. The highest BCUT2D eigenvalue weighted by molar-refractivity contribution is 7.18. The van der Waals surface area contributed by atoms with Crippen molar-refractivity contribution in [2.45, 2.75) is 33.6 Å². The van der Waals surface area contributed by atoms with Gasteiger partial charge in [0.25, 0.3) is 0 Å². The Labute approximate surface area is 134 Å². The highest BCUT2D eigenvalue weighted by atomic mass is 35.5. The molecule has 0 saturated carbocycles. The molecule has 0 fully saturated rings. The first-order valence-electron chi connectivity index (χ1n) is 7.37. The molecule has 0 amide bonds. The summed E-state index contributed by atoms with van der Waals surface area (Å²) >= 11 is 7.66. The quantitative estimate of drug-likeness (QED) is 0.577. The fourth-order valence-corrected chi connectivity index (χ4v) is 3.10. The number of hydrogen-bond donors (Lipinski definition) is 1. The molecule has 2 aromatic heterocycles. The normalized spacial score (nSPS) is 11.5. The van der Waals surface area contributed by atoms with Crippen LogP contribution in [0.1, 0.15) is 32.1 Å². The average molecular weight is 328 g/mol. The predicted molar refractivity (Wildman–Crippen MR) is 90.6 cm³/mol. The van der Waals surface area contributed by atoms with Crippen molar-refractivity contribution >= 4 is 39.0 Å². The molecule has 2 rings (SSSR count). The Balaban J connectivity index is 1.93. The molecule has 0 atom stereocenters. The minimum atomic E-state index is 0.287. The topological polar surface area (TPSA) is 47.0 Å². The van der Waals surface area contributed by atoms with Crippen molar-refractivity contribution in [3.8, 4) is 0 Å². The van der Waals surface area contributed by atoms with Gasteiger partial charge in [0.2, 0.25) is 5.28 Å². The summed E-state index contributed by atoms with van der Waals surface area (Å²) in [5.74, 6) is 1.48. The summed E-state index contributed by atoms with van der Waals surface area (Å²) in [7, 11) is 0. The lowest BCUT2D eigenvalue weighted by molar-refractivity contribution is 0.132. The van der Waals surface area contributed by atoms with E-state index in [1.54, 1.807) is 11.3 Å². The van der Waals surface area contributed by atoms with Gasteiger partial charge < -0.3 is 10.1 Å². The maximum atomic E-state index is 5.99. The molecule has 116 valence electrons. The van der Waals surface area contributed by atoms with Gasteiger partial charge in [0, 0.05) is 18.0 Å². The molecule has 1 N–H and O–H groups in total. The fraction of sp³-hybridized carbons (Fsp3) is 0.600. The van der Waals surface area contributed by atoms with Crippen LogP contribution in [0.15, 0.2) is 6.07 Å². The van der Waals surface area contributed by atoms with Crippen LogP contribution in [0.4, 0.5) is 5.82 Å². The summed E-state index contributed by atoms with van der Waals surface area (Å²) in [5, 5.41) is 4.63. The molecule has 0 radical (unpaired) electrons. The molecule has 0 aliphatic carbocycles. The van der Waals surface area contributed by atoms with Gasteiger partial charge >= 0.3 is 0 Å². The van der Waals surface area contributed by atoms with E-state index in [-0.39, 0.29) is 5.28 Å². The standard InChI is InChI=1S/C15H22ClN3OS/c1-4-11-9-12-13(18-15(16)19-14(12)21-11)17-6-8-20-7-5-10(2)3/h9-10H,4-8H2,1-3H3,(H,17,18,19). The second kappa shape index (κ2) is 7.92. The second-order valence-electron chi connectivity index (χ2n) is 5.35. The molecule has 6 heteroatoms. The minimum absolute atomic E-state index is 0.287. The maximum Gasteiger partial charge on any atom is 0.225 e. The highest BCUT2D eigenvalue weighted by Crippen LogP contribution is 2.30. The zero-order valence-electron chi connectivity index (χ0n) is 12.8. The van der Waals surface area contributed by atoms with Gasteiger partial charge in [-0.05, 0) is 36.4 Å². The molecule has 21 heavy (non-hydrogen) atoms. The van der Waals surface area contributed by atoms with Gasteiger partial charge in [-0.2, -0.15) is 0 Å². The highest BCUT2D eigenvalue weighted by Gasteiger charge is 2.10. The van der Waals surface area contributed by atoms with E-state index in [0.717, 1.165) is 42.0 Å². The first-order valence-corrected chi connectivity index (χ1v) is 8.57. The Kier molecular flexibility index (Phi) is 6.21. The Bertz CT molecular complexity index is 586. The van der Waals surface area contributed by atoms with Crippen LogP contribution in [0, 0.1) is 5.92 Å². The van der Waals surface area contributed by atoms with Crippen molar-refractivity contribution in [3.05, 3.63) is 16.2 Å². The molecule has 0 bridgehead atoms. The number of rotatable bonds is 8. The van der Waals surface area contributed by atoms with Crippen LogP contribution in [-0.4, -0.2) is 29.7 Å². The van der Waals surface area contributed by atoms with Gasteiger partial charge in [0.1, 0.15) is 10.6 Å². The Morgan fingerprint density at radius 3 is 2.86 bits per heavy atom. The lowest BCUT2D eigenvalue weighted by Crippen LogP contribution is -2.12. The van der Waals surface area contributed by atoms with E-state index in [1.165, 1.54) is 4.88 Å². The van der Waals surface area contributed by atoms with Gasteiger partial charge in [-0.3, -0.25) is 0 Å². The van der Waals surface area contributed by atoms with Crippen molar-refractivity contribution in [1.82, 2.24) is 9.97 Å². The van der Waals surface area contributed by atoms with Gasteiger partial charge in [0.15, 0.2) is 0 Å². The molecule has 4 nitrogen and oxygen atoms in total. The van der Waals surface area contributed by atoms with Crippen molar-refractivity contribution < 1.29 is 4.74 Å². The zero-order chi connectivity index (χ0) is 15.2. The lowest BCUT2D eigenvalue weighted by Gasteiger charge is -2.09. The molecule has 0 saturated heterocycles. The Hall–Kier alpha value is -0.910. The van der Waals surface area contributed by atoms with Crippen molar-refractivity contribution in [1.29, 1.82) is 0 Å². The molecular formula is C15H22ClN3OS. The summed E-state index contributed by atoms with van der Waals surface area (Å²) in [6, 6.07) is 2.14. The van der Waals surface area contributed by atoms with Gasteiger partial charge in [0.05, 0.1) is 12.0 Å². The van der Waals surface area contributed by atoms with E-state index in [0.29, 0.717) is 12.5 Å². The third-order valence-electron chi connectivity index (χ3n) is 3.14. The number of anilines is 1. The summed E-state index contributed by atoms with van der Waals surface area (Å²) < 4.78 is 5.60. The van der Waals surface area contributed by atoms with Crippen LogP contribution in [-0.2, 0) is 11.2 Å². The van der Waals surface area contributed by atoms with E-state index in [9.17, 15) is 0 Å². The Morgan fingerprint density at radius 1 is 1.33 bits per heavy atom. The molecular weight excluding hydrogens is 306 g/mol. The first kappa shape index (κ1) is 16.5. The molecule has 0 unspecified atom stereocenters. The van der Waals surface area contributed by atoms with E-state index in [4.69, 9.17) is 16.3 Å². The molecule has 2 heterocycles. The first-order chi connectivity index (χ1) is 10.1. The van der Waals surface area contributed by atoms with E-state index >= 15 is 0 Å². The molecule has 0 aromatic carbocycles. The van der Waals surface area contributed by atoms with Gasteiger partial charge in [-0.25, -0.2) is 9.97 Å². The van der Waals surface area contributed by atoms with Crippen LogP contribution < -0.4 is 5.32 Å². The van der Waals surface area contributed by atoms with Crippen molar-refractivity contribution in [2.75, 3.05) is 25.1 Å². The van der Waals surface area contributed by atoms with Crippen LogP contribution in [0.2, 0.25) is 5.28 Å². The number of aryl methyl sites for hydroxylation is 1. The van der Waals surface area contributed by atoms with Crippen LogP contribution >= 0.6 is 22.9 Å². The molecule has 2 aromatic rings. The van der Waals surface area contributed by atoms with Gasteiger partial charge in [-0.1, -0.05) is 20.8 Å². The maximum absolute atomic E-state index is 5.99. The van der Waals surface area contributed by atoms with Crippen molar-refractivity contribution in [2.24, 2.45) is 5.92 Å². The molecule has 0 aliphatic heterocycles. The number of ether oxygens (including phenoxy) is 1. The van der Waals surface area contributed by atoms with Crippen molar-refractivity contribution in [3.63, 3.8) is 0 Å². The van der Waals surface area contributed by atoms with Crippen LogP contribution in [0.5, 0.6) is 0 Å². The zero-order valence-corrected chi connectivity index (χ0v) is 14.4. The number of nitrogens with one attached hydrogen (secondary N) is 1. The number of halogens is 1. The average Bonchev–Trinajstić information content (AvgIpc) is 2.85. The summed E-state index contributed by atoms with van der Waals surface area (Å²) in [4.78, 5) is 10.8. The summed E-state index contributed by atoms with van der Waals surface area (Å²) in [6.07, 6.45) is 2.09. The lowest BCUT2D eigenvalue weighted by atomic mass is 10.1. The third kappa shape index (κ3) is 4.80. The minimum Gasteiger partial charge on any atom is -0.380 e. The number of fused-ring (bicyclic) bond motifs is 1. The SMILES string of the molecule is CCc1cc2c(NCCOCCC(C)C)nc(Cl)nc2s1. The summed E-state index contributed by atoms with van der Waals surface area (Å²) in [5.41, 5.74) is 0. The van der Waals surface area contributed by atoms with E-state index in [2.05, 4.69) is 42.1 Å². The number of thiophene rings is 1. The van der Waals surface area contributed by atoms with Crippen LogP contribution in [0.3, 0.4) is 0 Å². The number of aromatic nitrogens is 2.